The number of aryl methyl sites for hydroxylation is 1. The van der Waals surface area contributed by atoms with Crippen molar-refractivity contribution in [1.29, 1.82) is 0 Å². The fourth-order valence-corrected chi connectivity index (χ4v) is 2.66. The van der Waals surface area contributed by atoms with Gasteiger partial charge in [-0.3, -0.25) is 14.3 Å². The van der Waals surface area contributed by atoms with Gasteiger partial charge in [0.25, 0.3) is 5.91 Å². The molecule has 0 fully saturated rings. The van der Waals surface area contributed by atoms with Crippen LogP contribution in [0, 0.1) is 0 Å². The van der Waals surface area contributed by atoms with Gasteiger partial charge in [-0.1, -0.05) is 11.6 Å². The summed E-state index contributed by atoms with van der Waals surface area (Å²) in [6, 6.07) is 11.8. The molecule has 0 saturated carbocycles. The van der Waals surface area contributed by atoms with Crippen molar-refractivity contribution in [1.82, 2.24) is 9.78 Å². The molecule has 0 aliphatic rings. The van der Waals surface area contributed by atoms with Crippen molar-refractivity contribution < 1.29 is 9.53 Å². The number of hydrogen-bond donors (Lipinski definition) is 1. The molecule has 6 nitrogen and oxygen atoms in total. The molecule has 3 rings (SSSR count). The molecule has 1 N–H and O–H groups in total. The molecule has 0 unspecified atom stereocenters. The fourth-order valence-electron chi connectivity index (χ4n) is 2.49. The standard InChI is InChI=1S/C18H16ClN3O3/c1-3-25-13-7-5-12(6-8-13)20-18(24)16-17(23)14-10-11(19)4-9-15(14)22(2)21-16/h4-10H,3H2,1-2H3,(H,20,24). The van der Waals surface area contributed by atoms with Crippen molar-refractivity contribution in [3.8, 4) is 5.75 Å². The SMILES string of the molecule is CCOc1ccc(NC(=O)c2nn(C)c3ccc(Cl)cc3c2=O)cc1. The Morgan fingerprint density at radius 1 is 1.24 bits per heavy atom. The van der Waals surface area contributed by atoms with Crippen molar-refractivity contribution in [2.24, 2.45) is 7.05 Å². The number of nitrogens with zero attached hydrogens (tertiary/aromatic N) is 2. The van der Waals surface area contributed by atoms with Crippen molar-refractivity contribution in [3.05, 3.63) is 63.4 Å². The van der Waals surface area contributed by atoms with E-state index in [0.29, 0.717) is 34.0 Å². The van der Waals surface area contributed by atoms with Gasteiger partial charge in [0.05, 0.1) is 17.5 Å². The van der Waals surface area contributed by atoms with Crippen LogP contribution in [0.1, 0.15) is 17.4 Å². The summed E-state index contributed by atoms with van der Waals surface area (Å²) in [5.74, 6) is 0.126. The second kappa shape index (κ2) is 6.94. The lowest BCUT2D eigenvalue weighted by molar-refractivity contribution is 0.101. The summed E-state index contributed by atoms with van der Waals surface area (Å²) in [6.07, 6.45) is 0. The third kappa shape index (κ3) is 3.49. The zero-order chi connectivity index (χ0) is 18.0. The highest BCUT2D eigenvalue weighted by atomic mass is 35.5. The Kier molecular flexibility index (Phi) is 4.72. The minimum Gasteiger partial charge on any atom is -0.494 e. The lowest BCUT2D eigenvalue weighted by atomic mass is 10.2. The molecule has 1 amide bonds. The van der Waals surface area contributed by atoms with Crippen LogP contribution < -0.4 is 15.5 Å². The molecule has 0 saturated heterocycles. The highest BCUT2D eigenvalue weighted by Gasteiger charge is 2.17. The summed E-state index contributed by atoms with van der Waals surface area (Å²) in [4.78, 5) is 25.1. The zero-order valence-corrected chi connectivity index (χ0v) is 14.5. The molecule has 7 heteroatoms. The molecule has 0 radical (unpaired) electrons. The highest BCUT2D eigenvalue weighted by molar-refractivity contribution is 6.31. The number of fused-ring (bicyclic) bond motifs is 1. The first-order chi connectivity index (χ1) is 12.0. The predicted octanol–water partition coefficient (Wildman–Crippen LogP) is 3.24. The number of carbonyl (C=O) groups excluding carboxylic acids is 1. The van der Waals surface area contributed by atoms with Crippen LogP contribution in [0.3, 0.4) is 0 Å². The van der Waals surface area contributed by atoms with Gasteiger partial charge in [0.1, 0.15) is 5.75 Å². The summed E-state index contributed by atoms with van der Waals surface area (Å²) in [5.41, 5.74) is 0.501. The number of ether oxygens (including phenoxy) is 1. The monoisotopic (exact) mass is 357 g/mol. The number of carbonyl (C=O) groups is 1. The van der Waals surface area contributed by atoms with E-state index in [4.69, 9.17) is 16.3 Å². The highest BCUT2D eigenvalue weighted by Crippen LogP contribution is 2.18. The lowest BCUT2D eigenvalue weighted by Gasteiger charge is -2.09. The molecule has 128 valence electrons. The lowest BCUT2D eigenvalue weighted by Crippen LogP contribution is -2.26. The second-order valence-corrected chi connectivity index (χ2v) is 5.81. The van der Waals surface area contributed by atoms with Crippen molar-refractivity contribution in [2.45, 2.75) is 6.92 Å². The third-order valence-electron chi connectivity index (χ3n) is 3.66. The topological polar surface area (TPSA) is 73.2 Å². The van der Waals surface area contributed by atoms with Crippen LogP contribution in [0.2, 0.25) is 5.02 Å². The summed E-state index contributed by atoms with van der Waals surface area (Å²) in [6.45, 7) is 2.45. The maximum Gasteiger partial charge on any atom is 0.280 e. The van der Waals surface area contributed by atoms with Gasteiger partial charge in [0.2, 0.25) is 5.43 Å². The van der Waals surface area contributed by atoms with E-state index >= 15 is 0 Å². The van der Waals surface area contributed by atoms with E-state index in [2.05, 4.69) is 10.4 Å². The number of benzene rings is 2. The average Bonchev–Trinajstić information content (AvgIpc) is 2.60. The average molecular weight is 358 g/mol. The first-order valence-corrected chi connectivity index (χ1v) is 8.08. The van der Waals surface area contributed by atoms with Crippen molar-refractivity contribution in [2.75, 3.05) is 11.9 Å². The molecule has 1 aromatic heterocycles. The van der Waals surface area contributed by atoms with Gasteiger partial charge in [-0.25, -0.2) is 0 Å². The normalized spacial score (nSPS) is 10.7. The fraction of sp³-hybridized carbons (Fsp3) is 0.167. The molecule has 25 heavy (non-hydrogen) atoms. The van der Waals surface area contributed by atoms with Crippen molar-refractivity contribution in [3.63, 3.8) is 0 Å². The van der Waals surface area contributed by atoms with E-state index in [0.717, 1.165) is 0 Å². The Hall–Kier alpha value is -2.86. The van der Waals surface area contributed by atoms with Gasteiger partial charge in [-0.05, 0) is 49.4 Å². The third-order valence-corrected chi connectivity index (χ3v) is 3.89. The maximum atomic E-state index is 12.6. The number of rotatable bonds is 4. The van der Waals surface area contributed by atoms with Gasteiger partial charge < -0.3 is 10.1 Å². The summed E-state index contributed by atoms with van der Waals surface area (Å²) in [5, 5.41) is 7.54. The minimum absolute atomic E-state index is 0.189. The minimum atomic E-state index is -0.577. The summed E-state index contributed by atoms with van der Waals surface area (Å²) < 4.78 is 6.84. The molecule has 2 aromatic carbocycles. The second-order valence-electron chi connectivity index (χ2n) is 5.37. The molecule has 1 heterocycles. The molecule has 0 atom stereocenters. The predicted molar refractivity (Wildman–Crippen MR) is 97.6 cm³/mol. The first-order valence-electron chi connectivity index (χ1n) is 7.70. The van der Waals surface area contributed by atoms with Gasteiger partial charge in [0, 0.05) is 17.8 Å². The van der Waals surface area contributed by atoms with Crippen molar-refractivity contribution >= 4 is 34.1 Å². The van der Waals surface area contributed by atoms with Crippen LogP contribution in [-0.4, -0.2) is 22.3 Å². The largest absolute Gasteiger partial charge is 0.494 e. The van der Waals surface area contributed by atoms with E-state index in [1.165, 1.54) is 10.7 Å². The van der Waals surface area contributed by atoms with Crippen LogP contribution in [0.25, 0.3) is 10.9 Å². The Balaban J connectivity index is 1.94. The Morgan fingerprint density at radius 3 is 2.64 bits per heavy atom. The maximum absolute atomic E-state index is 12.6. The van der Waals surface area contributed by atoms with Crippen LogP contribution in [0.15, 0.2) is 47.3 Å². The zero-order valence-electron chi connectivity index (χ0n) is 13.7. The molecule has 0 aliphatic heterocycles. The van der Waals surface area contributed by atoms with Crippen LogP contribution in [-0.2, 0) is 7.05 Å². The number of amides is 1. The number of nitrogens with one attached hydrogen (secondary N) is 1. The van der Waals surface area contributed by atoms with Crippen LogP contribution in [0.4, 0.5) is 5.69 Å². The molecule has 0 bridgehead atoms. The Morgan fingerprint density at radius 2 is 1.96 bits per heavy atom. The van der Waals surface area contributed by atoms with Gasteiger partial charge in [0.15, 0.2) is 5.69 Å². The quantitative estimate of drug-likeness (QED) is 0.778. The number of halogens is 1. The summed E-state index contributed by atoms with van der Waals surface area (Å²) >= 11 is 5.96. The first kappa shape index (κ1) is 17.0. The van der Waals surface area contributed by atoms with Gasteiger partial charge in [-0.15, -0.1) is 0 Å². The Bertz CT molecular complexity index is 997. The summed E-state index contributed by atoms with van der Waals surface area (Å²) in [7, 11) is 1.67. The smallest absolute Gasteiger partial charge is 0.280 e. The van der Waals surface area contributed by atoms with E-state index in [1.54, 1.807) is 43.4 Å². The van der Waals surface area contributed by atoms with Gasteiger partial charge >= 0.3 is 0 Å². The van der Waals surface area contributed by atoms with E-state index in [9.17, 15) is 9.59 Å². The molecule has 0 spiro atoms. The van der Waals surface area contributed by atoms with Gasteiger partial charge in [-0.2, -0.15) is 5.10 Å². The van der Waals surface area contributed by atoms with E-state index in [-0.39, 0.29) is 5.69 Å². The number of aromatic nitrogens is 2. The number of anilines is 1. The molecular formula is C18H16ClN3O3. The van der Waals surface area contributed by atoms with Crippen LogP contribution in [0.5, 0.6) is 5.75 Å². The molecule has 3 aromatic rings. The number of hydrogen-bond acceptors (Lipinski definition) is 4. The van der Waals surface area contributed by atoms with Crippen LogP contribution >= 0.6 is 11.6 Å². The van der Waals surface area contributed by atoms with E-state index in [1.807, 2.05) is 6.92 Å². The van der Waals surface area contributed by atoms with E-state index < -0.39 is 11.3 Å². The molecule has 0 aliphatic carbocycles. The molecular weight excluding hydrogens is 342 g/mol. The Labute approximate surface area is 149 Å².